The fourth-order valence-electron chi connectivity index (χ4n) is 3.30. The third-order valence-electron chi connectivity index (χ3n) is 4.70. The maximum absolute atomic E-state index is 10.8. The van der Waals surface area contributed by atoms with E-state index in [1.165, 1.54) is 21.8 Å². The van der Waals surface area contributed by atoms with Crippen molar-refractivity contribution in [1.29, 1.82) is 0 Å². The Morgan fingerprint density at radius 3 is 2.78 bits per heavy atom. The number of likely N-dealkylation sites (tertiary alicyclic amines) is 1. The molecule has 2 aromatic carbocycles. The number of nitro benzene ring substituents is 1. The largest absolute Gasteiger partial charge is 0.348 e. The summed E-state index contributed by atoms with van der Waals surface area (Å²) in [5.41, 5.74) is 1.88. The van der Waals surface area contributed by atoms with Crippen molar-refractivity contribution < 1.29 is 4.92 Å². The van der Waals surface area contributed by atoms with E-state index in [4.69, 9.17) is 17.2 Å². The maximum atomic E-state index is 10.8. The zero-order valence-electron chi connectivity index (χ0n) is 14.5. The van der Waals surface area contributed by atoms with Crippen LogP contribution in [-0.2, 0) is 0 Å². The smallest absolute Gasteiger partial charge is 0.269 e. The molecule has 1 aliphatic heterocycles. The van der Waals surface area contributed by atoms with Gasteiger partial charge in [0.1, 0.15) is 0 Å². The molecule has 1 aromatic heterocycles. The van der Waals surface area contributed by atoms with Crippen LogP contribution in [0.25, 0.3) is 10.2 Å². The Bertz CT molecular complexity index is 954. The molecule has 1 saturated heterocycles. The van der Waals surface area contributed by atoms with Crippen molar-refractivity contribution >= 4 is 50.3 Å². The summed E-state index contributed by atoms with van der Waals surface area (Å²) in [6, 6.07) is 14.5. The summed E-state index contributed by atoms with van der Waals surface area (Å²) in [5.74, 6) is 0.368. The molecule has 2 heterocycles. The highest BCUT2D eigenvalue weighted by atomic mass is 32.1. The van der Waals surface area contributed by atoms with Gasteiger partial charge in [0.2, 0.25) is 0 Å². The predicted octanol–water partition coefficient (Wildman–Crippen LogP) is 4.78. The summed E-state index contributed by atoms with van der Waals surface area (Å²) in [4.78, 5) is 17.3. The molecule has 27 heavy (non-hydrogen) atoms. The molecule has 0 bridgehead atoms. The Kier molecular flexibility index (Phi) is 5.00. The number of para-hydroxylation sites is 1. The van der Waals surface area contributed by atoms with Crippen molar-refractivity contribution in [3.05, 3.63) is 63.7 Å². The lowest BCUT2D eigenvalue weighted by atomic mass is 9.99. The van der Waals surface area contributed by atoms with Crippen LogP contribution in [0.15, 0.2) is 48.5 Å². The van der Waals surface area contributed by atoms with E-state index in [2.05, 4.69) is 22.3 Å². The number of thiocarbonyl (C=S) groups is 1. The minimum atomic E-state index is -0.407. The predicted molar refractivity (Wildman–Crippen MR) is 112 cm³/mol. The minimum absolute atomic E-state index is 0.0698. The molecular weight excluding hydrogens is 380 g/mol. The summed E-state index contributed by atoms with van der Waals surface area (Å²) in [6.07, 6.45) is 2.17. The summed E-state index contributed by atoms with van der Waals surface area (Å²) < 4.78 is 1.22. The van der Waals surface area contributed by atoms with Crippen LogP contribution in [-0.4, -0.2) is 33.0 Å². The number of thiazole rings is 1. The van der Waals surface area contributed by atoms with Crippen LogP contribution in [0.5, 0.6) is 0 Å². The lowest BCUT2D eigenvalue weighted by molar-refractivity contribution is -0.384. The quantitative estimate of drug-likeness (QED) is 0.389. The minimum Gasteiger partial charge on any atom is -0.348 e. The van der Waals surface area contributed by atoms with E-state index in [1.54, 1.807) is 23.5 Å². The van der Waals surface area contributed by atoms with E-state index in [1.807, 2.05) is 12.1 Å². The van der Waals surface area contributed by atoms with Crippen LogP contribution in [0.4, 0.5) is 11.4 Å². The van der Waals surface area contributed by atoms with Gasteiger partial charge < -0.3 is 10.2 Å². The summed E-state index contributed by atoms with van der Waals surface area (Å²) in [6.45, 7) is 1.73. The van der Waals surface area contributed by atoms with Gasteiger partial charge in [0.15, 0.2) is 5.11 Å². The van der Waals surface area contributed by atoms with E-state index in [0.29, 0.717) is 11.0 Å². The molecule has 0 saturated carbocycles. The lowest BCUT2D eigenvalue weighted by Gasteiger charge is -2.33. The molecule has 0 amide bonds. The number of rotatable bonds is 3. The zero-order chi connectivity index (χ0) is 18.8. The molecule has 1 aliphatic rings. The van der Waals surface area contributed by atoms with Gasteiger partial charge in [-0.05, 0) is 49.3 Å². The fraction of sp³-hybridized carbons (Fsp3) is 0.263. The molecule has 1 atom stereocenters. The van der Waals surface area contributed by atoms with E-state index in [9.17, 15) is 10.1 Å². The van der Waals surface area contributed by atoms with Crippen molar-refractivity contribution in [2.45, 2.75) is 18.8 Å². The Balaban J connectivity index is 1.44. The Labute approximate surface area is 166 Å². The standard InChI is InChI=1S/C19H18N4O2S2/c24-23(25)15-9-7-14(8-10-15)20-19(26)22-11-3-4-13(12-22)18-21-16-5-1-2-6-17(16)27-18/h1-2,5-10,13H,3-4,11-12H2,(H,20,26)/t13-/m1/s1. The first-order valence-electron chi connectivity index (χ1n) is 8.76. The van der Waals surface area contributed by atoms with Gasteiger partial charge in [0.05, 0.1) is 20.1 Å². The summed E-state index contributed by atoms with van der Waals surface area (Å²) >= 11 is 7.33. The Morgan fingerprint density at radius 2 is 2.04 bits per heavy atom. The maximum Gasteiger partial charge on any atom is 0.269 e. The normalized spacial score (nSPS) is 17.0. The Hall–Kier alpha value is -2.58. The van der Waals surface area contributed by atoms with Gasteiger partial charge >= 0.3 is 0 Å². The van der Waals surface area contributed by atoms with E-state index < -0.39 is 4.92 Å². The molecule has 3 aromatic rings. The SMILES string of the molecule is O=[N+]([O-])c1ccc(NC(=S)N2CCC[C@@H](c3nc4ccccc4s3)C2)cc1. The van der Waals surface area contributed by atoms with Crippen LogP contribution in [0, 0.1) is 10.1 Å². The van der Waals surface area contributed by atoms with Gasteiger partial charge in [-0.2, -0.15) is 0 Å². The zero-order valence-corrected chi connectivity index (χ0v) is 16.1. The van der Waals surface area contributed by atoms with Gasteiger partial charge in [-0.15, -0.1) is 11.3 Å². The van der Waals surface area contributed by atoms with Gasteiger partial charge in [-0.3, -0.25) is 10.1 Å². The first kappa shape index (κ1) is 17.8. The van der Waals surface area contributed by atoms with E-state index >= 15 is 0 Å². The number of nitrogens with one attached hydrogen (secondary N) is 1. The van der Waals surface area contributed by atoms with Crippen LogP contribution >= 0.6 is 23.6 Å². The number of hydrogen-bond acceptors (Lipinski definition) is 5. The second-order valence-electron chi connectivity index (χ2n) is 6.54. The van der Waals surface area contributed by atoms with Crippen molar-refractivity contribution in [1.82, 2.24) is 9.88 Å². The molecule has 1 N–H and O–H groups in total. The number of hydrogen-bond donors (Lipinski definition) is 1. The molecule has 4 rings (SSSR count). The van der Waals surface area contributed by atoms with Crippen molar-refractivity contribution in [3.8, 4) is 0 Å². The molecule has 0 aliphatic carbocycles. The molecule has 8 heteroatoms. The average Bonchev–Trinajstić information content (AvgIpc) is 3.13. The number of non-ortho nitro benzene ring substituents is 1. The second-order valence-corrected chi connectivity index (χ2v) is 7.99. The number of fused-ring (bicyclic) bond motifs is 1. The highest BCUT2D eigenvalue weighted by Gasteiger charge is 2.25. The lowest BCUT2D eigenvalue weighted by Crippen LogP contribution is -2.41. The van der Waals surface area contributed by atoms with Gasteiger partial charge in [0, 0.05) is 36.8 Å². The molecule has 0 unspecified atom stereocenters. The van der Waals surface area contributed by atoms with E-state index in [-0.39, 0.29) is 5.69 Å². The van der Waals surface area contributed by atoms with Gasteiger partial charge in [-0.25, -0.2) is 4.98 Å². The third-order valence-corrected chi connectivity index (χ3v) is 6.26. The Morgan fingerprint density at radius 1 is 1.26 bits per heavy atom. The molecule has 0 spiro atoms. The van der Waals surface area contributed by atoms with Crippen LogP contribution < -0.4 is 5.32 Å². The van der Waals surface area contributed by atoms with Crippen molar-refractivity contribution in [2.75, 3.05) is 18.4 Å². The number of benzene rings is 2. The molecule has 0 radical (unpaired) electrons. The van der Waals surface area contributed by atoms with E-state index in [0.717, 1.165) is 37.1 Å². The fourth-order valence-corrected chi connectivity index (χ4v) is 4.67. The number of nitrogens with zero attached hydrogens (tertiary/aromatic N) is 3. The first-order chi connectivity index (χ1) is 13.1. The number of anilines is 1. The third kappa shape index (κ3) is 3.91. The molecule has 1 fully saturated rings. The average molecular weight is 399 g/mol. The number of piperidine rings is 1. The molecule has 138 valence electrons. The molecular formula is C19H18N4O2S2. The topological polar surface area (TPSA) is 71.3 Å². The van der Waals surface area contributed by atoms with Crippen molar-refractivity contribution in [3.63, 3.8) is 0 Å². The highest BCUT2D eigenvalue weighted by Crippen LogP contribution is 2.33. The monoisotopic (exact) mass is 398 g/mol. The summed E-state index contributed by atoms with van der Waals surface area (Å²) in [5, 5.41) is 15.8. The van der Waals surface area contributed by atoms with Crippen LogP contribution in [0.3, 0.4) is 0 Å². The molecule has 6 nitrogen and oxygen atoms in total. The highest BCUT2D eigenvalue weighted by molar-refractivity contribution is 7.80. The summed E-state index contributed by atoms with van der Waals surface area (Å²) in [7, 11) is 0. The van der Waals surface area contributed by atoms with Crippen LogP contribution in [0.1, 0.15) is 23.8 Å². The van der Waals surface area contributed by atoms with Gasteiger partial charge in [-0.1, -0.05) is 12.1 Å². The van der Waals surface area contributed by atoms with Crippen molar-refractivity contribution in [2.24, 2.45) is 0 Å². The van der Waals surface area contributed by atoms with Crippen LogP contribution in [0.2, 0.25) is 0 Å². The van der Waals surface area contributed by atoms with Gasteiger partial charge in [0.25, 0.3) is 5.69 Å². The number of nitro groups is 1. The second kappa shape index (κ2) is 7.58. The number of aromatic nitrogens is 1. The first-order valence-corrected chi connectivity index (χ1v) is 9.98.